The molecule has 0 aromatic heterocycles. The molecule has 0 saturated heterocycles. The lowest BCUT2D eigenvalue weighted by atomic mass is 10.1. The third-order valence-corrected chi connectivity index (χ3v) is 6.63. The van der Waals surface area contributed by atoms with Crippen molar-refractivity contribution in [1.82, 2.24) is 4.90 Å². The summed E-state index contributed by atoms with van der Waals surface area (Å²) in [6, 6.07) is 29.6. The molecule has 0 aliphatic carbocycles. The second-order valence-electron chi connectivity index (χ2n) is 9.36. The van der Waals surface area contributed by atoms with Gasteiger partial charge >= 0.3 is 5.97 Å². The Balaban J connectivity index is 1.53. The minimum atomic E-state index is -1.02. The zero-order chi connectivity index (χ0) is 28.3. The highest BCUT2D eigenvalue weighted by atomic mass is 35.5. The van der Waals surface area contributed by atoms with Gasteiger partial charge in [0.25, 0.3) is 0 Å². The number of rotatable bonds is 14. The summed E-state index contributed by atoms with van der Waals surface area (Å²) in [4.78, 5) is 13.6. The zero-order valence-corrected chi connectivity index (χ0v) is 23.1. The molecule has 0 spiro atoms. The second-order valence-corrected chi connectivity index (χ2v) is 9.79. The van der Waals surface area contributed by atoms with Gasteiger partial charge in [-0.05, 0) is 60.5 Å². The van der Waals surface area contributed by atoms with Crippen molar-refractivity contribution in [3.8, 4) is 23.0 Å². The number of methoxy groups -OCH3 is 1. The van der Waals surface area contributed by atoms with Gasteiger partial charge in [0, 0.05) is 35.8 Å². The minimum Gasteiger partial charge on any atom is -0.497 e. The number of hydrogen-bond donors (Lipinski definition) is 2. The molecule has 0 aliphatic rings. The molecule has 0 unspecified atom stereocenters. The summed E-state index contributed by atoms with van der Waals surface area (Å²) >= 11 is 6.03. The molecule has 3 N–H and O–H groups in total. The number of carboxylic acid groups (broad SMARTS) is 1. The third kappa shape index (κ3) is 8.48. The van der Waals surface area contributed by atoms with Gasteiger partial charge in [0.1, 0.15) is 35.6 Å². The van der Waals surface area contributed by atoms with Crippen molar-refractivity contribution in [3.05, 3.63) is 119 Å². The van der Waals surface area contributed by atoms with Crippen LogP contribution in [-0.4, -0.2) is 35.7 Å². The molecule has 0 radical (unpaired) electrons. The molecule has 0 aliphatic heterocycles. The fraction of sp³-hybridized carbons (Fsp3) is 0.219. The van der Waals surface area contributed by atoms with Crippen LogP contribution in [0.3, 0.4) is 0 Å². The van der Waals surface area contributed by atoms with Crippen LogP contribution in [0, 0.1) is 0 Å². The molecule has 8 heteroatoms. The smallest absolute Gasteiger partial charge is 0.320 e. The van der Waals surface area contributed by atoms with Gasteiger partial charge in [-0.15, -0.1) is 0 Å². The molecule has 4 aromatic rings. The fourth-order valence-electron chi connectivity index (χ4n) is 4.20. The Hall–Kier alpha value is -4.04. The molecule has 1 atom stereocenters. The summed E-state index contributed by atoms with van der Waals surface area (Å²) in [5, 5.41) is 9.99. The van der Waals surface area contributed by atoms with Crippen LogP contribution in [0.25, 0.3) is 0 Å². The van der Waals surface area contributed by atoms with Crippen LogP contribution in [0.2, 0.25) is 5.02 Å². The van der Waals surface area contributed by atoms with Gasteiger partial charge in [-0.3, -0.25) is 9.69 Å². The quantitative estimate of drug-likeness (QED) is 0.181. The largest absolute Gasteiger partial charge is 0.497 e. The van der Waals surface area contributed by atoms with Gasteiger partial charge in [0.15, 0.2) is 0 Å². The number of nitrogens with zero attached hydrogens (tertiary/aromatic N) is 1. The number of benzene rings is 4. The van der Waals surface area contributed by atoms with Gasteiger partial charge in [-0.25, -0.2) is 0 Å². The Bertz CT molecular complexity index is 1400. The first-order valence-corrected chi connectivity index (χ1v) is 13.3. The van der Waals surface area contributed by atoms with Crippen molar-refractivity contribution in [2.45, 2.75) is 32.2 Å². The van der Waals surface area contributed by atoms with Crippen molar-refractivity contribution >= 4 is 17.6 Å². The van der Waals surface area contributed by atoms with E-state index in [1.165, 1.54) is 0 Å². The lowest BCUT2D eigenvalue weighted by molar-refractivity contribution is -0.138. The van der Waals surface area contributed by atoms with E-state index in [1.54, 1.807) is 19.2 Å². The van der Waals surface area contributed by atoms with Crippen molar-refractivity contribution in [3.63, 3.8) is 0 Å². The first-order valence-electron chi connectivity index (χ1n) is 13.0. The average molecular weight is 561 g/mol. The number of para-hydroxylation sites is 2. The molecule has 4 aromatic carbocycles. The van der Waals surface area contributed by atoms with Crippen molar-refractivity contribution < 1.29 is 24.1 Å². The molecule has 0 fully saturated rings. The molecule has 0 bridgehead atoms. The Kier molecular flexibility index (Phi) is 10.4. The zero-order valence-electron chi connectivity index (χ0n) is 22.3. The highest BCUT2D eigenvalue weighted by Gasteiger charge is 2.18. The highest BCUT2D eigenvalue weighted by molar-refractivity contribution is 6.30. The number of ether oxygens (including phenoxy) is 3. The second kappa shape index (κ2) is 14.4. The highest BCUT2D eigenvalue weighted by Crippen LogP contribution is 2.29. The number of aliphatic carboxylic acids is 1. The van der Waals surface area contributed by atoms with E-state index in [9.17, 15) is 9.90 Å². The van der Waals surface area contributed by atoms with E-state index in [2.05, 4.69) is 4.90 Å². The Labute approximate surface area is 239 Å². The summed E-state index contributed by atoms with van der Waals surface area (Å²) in [5.74, 6) is 1.89. The van der Waals surface area contributed by atoms with Gasteiger partial charge in [-0.1, -0.05) is 60.1 Å². The van der Waals surface area contributed by atoms with Crippen LogP contribution in [0.5, 0.6) is 23.0 Å². The standard InChI is InChI=1S/C32H33ClN2O5/c1-38-28-10-6-7-23(19-28)22-39-30-11-4-2-8-24(30)20-35(18-17-29(34)32(36)37)21-25-9-3-5-12-31(25)40-27-15-13-26(33)14-16-27/h2-16,19,29H,17-18,20-22,34H2,1H3,(H,36,37)/t29-/m0/s1. The molecule has 4 rings (SSSR count). The molecular weight excluding hydrogens is 528 g/mol. The van der Waals surface area contributed by atoms with Crippen LogP contribution in [0.1, 0.15) is 23.1 Å². The lowest BCUT2D eigenvalue weighted by Crippen LogP contribution is -2.35. The Morgan fingerprint density at radius 1 is 0.875 bits per heavy atom. The maximum atomic E-state index is 11.4. The van der Waals surface area contributed by atoms with E-state index in [1.807, 2.05) is 84.9 Å². The van der Waals surface area contributed by atoms with E-state index >= 15 is 0 Å². The first-order chi connectivity index (χ1) is 19.4. The van der Waals surface area contributed by atoms with E-state index in [-0.39, 0.29) is 0 Å². The fourth-order valence-corrected chi connectivity index (χ4v) is 4.33. The summed E-state index contributed by atoms with van der Waals surface area (Å²) in [6.07, 6.45) is 0.294. The first kappa shape index (κ1) is 29.0. The van der Waals surface area contributed by atoms with E-state index in [4.69, 9.17) is 31.5 Å². The van der Waals surface area contributed by atoms with Crippen LogP contribution in [0.4, 0.5) is 0 Å². The van der Waals surface area contributed by atoms with Crippen LogP contribution < -0.4 is 19.9 Å². The number of carbonyl (C=O) groups is 1. The number of halogens is 1. The number of hydrogen-bond acceptors (Lipinski definition) is 6. The maximum absolute atomic E-state index is 11.4. The monoisotopic (exact) mass is 560 g/mol. The molecule has 0 amide bonds. The molecule has 40 heavy (non-hydrogen) atoms. The van der Waals surface area contributed by atoms with Crippen LogP contribution in [-0.2, 0) is 24.5 Å². The van der Waals surface area contributed by atoms with Gasteiger partial charge in [-0.2, -0.15) is 0 Å². The predicted molar refractivity (Wildman–Crippen MR) is 156 cm³/mol. The van der Waals surface area contributed by atoms with E-state index in [0.29, 0.717) is 49.2 Å². The van der Waals surface area contributed by atoms with E-state index < -0.39 is 12.0 Å². The topological polar surface area (TPSA) is 94.2 Å². The average Bonchev–Trinajstić information content (AvgIpc) is 2.97. The lowest BCUT2D eigenvalue weighted by Gasteiger charge is -2.25. The predicted octanol–water partition coefficient (Wildman–Crippen LogP) is 6.52. The summed E-state index contributed by atoms with van der Waals surface area (Å²) in [5.41, 5.74) is 8.79. The van der Waals surface area contributed by atoms with Gasteiger partial charge in [0.05, 0.1) is 7.11 Å². The van der Waals surface area contributed by atoms with Crippen molar-refractivity contribution in [2.75, 3.05) is 13.7 Å². The van der Waals surface area contributed by atoms with E-state index in [0.717, 1.165) is 28.2 Å². The molecule has 7 nitrogen and oxygen atoms in total. The van der Waals surface area contributed by atoms with Gasteiger partial charge < -0.3 is 25.1 Å². The molecular formula is C32H33ClN2O5. The van der Waals surface area contributed by atoms with Crippen LogP contribution >= 0.6 is 11.6 Å². The number of carboxylic acids is 1. The summed E-state index contributed by atoms with van der Waals surface area (Å²) < 4.78 is 17.7. The summed E-state index contributed by atoms with van der Waals surface area (Å²) in [7, 11) is 1.64. The minimum absolute atomic E-state index is 0.294. The number of nitrogens with two attached hydrogens (primary N) is 1. The van der Waals surface area contributed by atoms with Crippen molar-refractivity contribution in [1.29, 1.82) is 0 Å². The Morgan fingerprint density at radius 2 is 1.52 bits per heavy atom. The van der Waals surface area contributed by atoms with Gasteiger partial charge in [0.2, 0.25) is 0 Å². The molecule has 0 heterocycles. The molecule has 0 saturated carbocycles. The molecule has 208 valence electrons. The SMILES string of the molecule is COc1cccc(COc2ccccc2CN(CC[C@H](N)C(=O)O)Cc2ccccc2Oc2ccc(Cl)cc2)c1. The normalized spacial score (nSPS) is 11.7. The maximum Gasteiger partial charge on any atom is 0.320 e. The third-order valence-electron chi connectivity index (χ3n) is 6.38. The van der Waals surface area contributed by atoms with Crippen LogP contribution in [0.15, 0.2) is 97.1 Å². The van der Waals surface area contributed by atoms with Crippen molar-refractivity contribution in [2.24, 2.45) is 5.73 Å². The Morgan fingerprint density at radius 3 is 2.20 bits per heavy atom. The summed E-state index contributed by atoms with van der Waals surface area (Å²) in [6.45, 7) is 1.89.